The Kier molecular flexibility index (Phi) is 10.3. The Morgan fingerprint density at radius 2 is 1.86 bits per heavy atom. The Balaban J connectivity index is 1.89. The summed E-state index contributed by atoms with van der Waals surface area (Å²) in [6, 6.07) is 11.2. The molecule has 11 heteroatoms. The van der Waals surface area contributed by atoms with Crippen molar-refractivity contribution in [1.82, 2.24) is 10.2 Å². The van der Waals surface area contributed by atoms with Crippen LogP contribution in [0.4, 0.5) is 5.69 Å². The molecule has 2 amide bonds. The molecule has 0 radical (unpaired) electrons. The first-order chi connectivity index (χ1) is 17.5. The van der Waals surface area contributed by atoms with Crippen LogP contribution in [0.5, 0.6) is 5.75 Å². The third-order valence-electron chi connectivity index (χ3n) is 6.46. The second kappa shape index (κ2) is 13.0. The molecular weight excluding hydrogens is 582 g/mol. The number of carbonyl (C=O) groups is 2. The van der Waals surface area contributed by atoms with Crippen LogP contribution in [0.15, 0.2) is 46.9 Å². The molecule has 8 nitrogen and oxygen atoms in total. The van der Waals surface area contributed by atoms with Crippen LogP contribution in [0.1, 0.15) is 44.6 Å². The van der Waals surface area contributed by atoms with Gasteiger partial charge in [0.15, 0.2) is 0 Å². The van der Waals surface area contributed by atoms with Gasteiger partial charge < -0.3 is 15.0 Å². The minimum Gasteiger partial charge on any atom is -0.495 e. The summed E-state index contributed by atoms with van der Waals surface area (Å²) >= 11 is 9.67. The molecule has 0 unspecified atom stereocenters. The average molecular weight is 615 g/mol. The van der Waals surface area contributed by atoms with E-state index in [1.165, 1.54) is 24.1 Å². The third kappa shape index (κ3) is 8.09. The maximum absolute atomic E-state index is 13.7. The summed E-state index contributed by atoms with van der Waals surface area (Å²) in [5.41, 5.74) is 1.03. The minimum atomic E-state index is -3.85. The van der Waals surface area contributed by atoms with Crippen molar-refractivity contribution >= 4 is 55.1 Å². The third-order valence-corrected chi connectivity index (χ3v) is 8.39. The maximum atomic E-state index is 13.7. The van der Waals surface area contributed by atoms with Crippen LogP contribution in [-0.4, -0.2) is 57.1 Å². The van der Waals surface area contributed by atoms with E-state index in [9.17, 15) is 18.0 Å². The number of benzene rings is 2. The molecule has 37 heavy (non-hydrogen) atoms. The molecule has 3 rings (SSSR count). The Hall–Kier alpha value is -2.30. The normalized spacial score (nSPS) is 15.1. The molecule has 0 bridgehead atoms. The largest absolute Gasteiger partial charge is 0.495 e. The van der Waals surface area contributed by atoms with E-state index < -0.39 is 28.5 Å². The zero-order valence-electron chi connectivity index (χ0n) is 21.2. The van der Waals surface area contributed by atoms with E-state index in [-0.39, 0.29) is 29.2 Å². The number of hydrogen-bond donors (Lipinski definition) is 1. The van der Waals surface area contributed by atoms with Gasteiger partial charge in [0.1, 0.15) is 18.3 Å². The first-order valence-electron chi connectivity index (χ1n) is 12.1. The van der Waals surface area contributed by atoms with Gasteiger partial charge >= 0.3 is 0 Å². The number of carbonyl (C=O) groups excluding carboxylic acids is 2. The number of hydrogen-bond acceptors (Lipinski definition) is 5. The lowest BCUT2D eigenvalue weighted by Gasteiger charge is -2.33. The Morgan fingerprint density at radius 3 is 2.46 bits per heavy atom. The predicted octanol–water partition coefficient (Wildman–Crippen LogP) is 4.74. The summed E-state index contributed by atoms with van der Waals surface area (Å²) in [6.07, 6.45) is 6.14. The molecule has 2 aromatic carbocycles. The van der Waals surface area contributed by atoms with Crippen molar-refractivity contribution in [2.45, 2.75) is 57.7 Å². The topological polar surface area (TPSA) is 96.0 Å². The number of nitrogens with one attached hydrogen (secondary N) is 1. The zero-order valence-corrected chi connectivity index (χ0v) is 24.4. The number of anilines is 1. The Labute approximate surface area is 232 Å². The van der Waals surface area contributed by atoms with Crippen LogP contribution < -0.4 is 14.4 Å². The van der Waals surface area contributed by atoms with Crippen molar-refractivity contribution in [3.63, 3.8) is 0 Å². The highest BCUT2D eigenvalue weighted by Gasteiger charge is 2.31. The monoisotopic (exact) mass is 613 g/mol. The van der Waals surface area contributed by atoms with Gasteiger partial charge in [-0.1, -0.05) is 58.9 Å². The van der Waals surface area contributed by atoms with Crippen molar-refractivity contribution in [1.29, 1.82) is 0 Å². The molecule has 0 saturated heterocycles. The van der Waals surface area contributed by atoms with Gasteiger partial charge in [-0.15, -0.1) is 0 Å². The van der Waals surface area contributed by atoms with Crippen molar-refractivity contribution < 1.29 is 22.7 Å². The summed E-state index contributed by atoms with van der Waals surface area (Å²) < 4.78 is 32.4. The van der Waals surface area contributed by atoms with E-state index in [1.807, 2.05) is 24.3 Å². The van der Waals surface area contributed by atoms with Crippen LogP contribution >= 0.6 is 27.5 Å². The van der Waals surface area contributed by atoms with Gasteiger partial charge in [-0.25, -0.2) is 8.42 Å². The fraction of sp³-hybridized carbons (Fsp3) is 0.462. The number of ether oxygens (including phenoxy) is 1. The van der Waals surface area contributed by atoms with Gasteiger partial charge in [-0.2, -0.15) is 0 Å². The molecule has 0 aromatic heterocycles. The van der Waals surface area contributed by atoms with E-state index in [4.69, 9.17) is 16.3 Å². The smallest absolute Gasteiger partial charge is 0.244 e. The van der Waals surface area contributed by atoms with Crippen molar-refractivity contribution in [2.75, 3.05) is 24.2 Å². The van der Waals surface area contributed by atoms with Gasteiger partial charge in [-0.05, 0) is 55.7 Å². The van der Waals surface area contributed by atoms with E-state index in [1.54, 1.807) is 13.0 Å². The van der Waals surface area contributed by atoms with E-state index >= 15 is 0 Å². The van der Waals surface area contributed by atoms with Gasteiger partial charge in [0.2, 0.25) is 21.8 Å². The number of halogens is 2. The first kappa shape index (κ1) is 29.3. The summed E-state index contributed by atoms with van der Waals surface area (Å²) in [7, 11) is -2.40. The molecule has 1 N–H and O–H groups in total. The van der Waals surface area contributed by atoms with Crippen molar-refractivity contribution in [2.24, 2.45) is 0 Å². The Morgan fingerprint density at radius 1 is 1.16 bits per heavy atom. The molecule has 1 atom stereocenters. The number of sulfonamides is 1. The molecule has 2 aromatic rings. The molecule has 1 aliphatic carbocycles. The first-order valence-corrected chi connectivity index (χ1v) is 15.2. The van der Waals surface area contributed by atoms with Crippen LogP contribution in [0.25, 0.3) is 0 Å². The number of rotatable bonds is 10. The summed E-state index contributed by atoms with van der Waals surface area (Å²) in [5.74, 6) is -0.383. The highest BCUT2D eigenvalue weighted by molar-refractivity contribution is 9.10. The van der Waals surface area contributed by atoms with E-state index in [0.717, 1.165) is 52.7 Å². The molecule has 1 fully saturated rings. The number of methoxy groups -OCH3 is 1. The molecule has 1 aliphatic rings. The van der Waals surface area contributed by atoms with Crippen LogP contribution in [0.3, 0.4) is 0 Å². The SMILES string of the molecule is COc1ccc(N(CC(=O)N(Cc2cccc(Br)c2)[C@@H](C)C(=O)NC2CCCCC2)S(C)(=O)=O)cc1Cl. The molecule has 1 saturated carbocycles. The van der Waals surface area contributed by atoms with Gasteiger partial charge in [0, 0.05) is 17.1 Å². The summed E-state index contributed by atoms with van der Waals surface area (Å²) in [6.45, 7) is 1.32. The highest BCUT2D eigenvalue weighted by atomic mass is 79.9. The van der Waals surface area contributed by atoms with Crippen LogP contribution in [0, 0.1) is 0 Å². The molecule has 0 spiro atoms. The molecule has 0 heterocycles. The molecular formula is C26H33BrClN3O5S. The lowest BCUT2D eigenvalue weighted by molar-refractivity contribution is -0.139. The highest BCUT2D eigenvalue weighted by Crippen LogP contribution is 2.30. The van der Waals surface area contributed by atoms with E-state index in [2.05, 4.69) is 21.2 Å². The molecule has 0 aliphatic heterocycles. The second-order valence-corrected chi connectivity index (χ2v) is 12.5. The lowest BCUT2D eigenvalue weighted by atomic mass is 9.95. The summed E-state index contributed by atoms with van der Waals surface area (Å²) in [5, 5.41) is 3.30. The van der Waals surface area contributed by atoms with Gasteiger partial charge in [0.05, 0.1) is 24.1 Å². The number of nitrogens with zero attached hydrogens (tertiary/aromatic N) is 2. The zero-order chi connectivity index (χ0) is 27.2. The van der Waals surface area contributed by atoms with Crippen molar-refractivity contribution in [3.8, 4) is 5.75 Å². The minimum absolute atomic E-state index is 0.0838. The standard InChI is InChI=1S/C26H33BrClN3O5S/c1-18(26(33)29-21-10-5-4-6-11-21)30(16-19-8-7-9-20(27)14-19)25(32)17-31(37(3,34)35)22-12-13-24(36-2)23(28)15-22/h7-9,12-15,18,21H,4-6,10-11,16-17H2,1-3H3,(H,29,33)/t18-/m0/s1. The quantitative estimate of drug-likeness (QED) is 0.417. The van der Waals surface area contributed by atoms with Crippen LogP contribution in [0.2, 0.25) is 5.02 Å². The average Bonchev–Trinajstić information content (AvgIpc) is 2.85. The fourth-order valence-corrected chi connectivity index (χ4v) is 5.95. The van der Waals surface area contributed by atoms with Gasteiger partial charge in [0.25, 0.3) is 0 Å². The van der Waals surface area contributed by atoms with E-state index in [0.29, 0.717) is 5.75 Å². The maximum Gasteiger partial charge on any atom is 0.244 e. The van der Waals surface area contributed by atoms with Crippen molar-refractivity contribution in [3.05, 3.63) is 57.5 Å². The Bertz CT molecular complexity index is 1220. The second-order valence-electron chi connectivity index (χ2n) is 9.26. The summed E-state index contributed by atoms with van der Waals surface area (Å²) in [4.78, 5) is 28.3. The number of amides is 2. The molecule has 202 valence electrons. The predicted molar refractivity (Wildman–Crippen MR) is 149 cm³/mol. The lowest BCUT2D eigenvalue weighted by Crippen LogP contribution is -2.52. The fourth-order valence-electron chi connectivity index (χ4n) is 4.41. The van der Waals surface area contributed by atoms with Gasteiger partial charge in [-0.3, -0.25) is 13.9 Å². The van der Waals surface area contributed by atoms with Crippen LogP contribution in [-0.2, 0) is 26.2 Å².